The van der Waals surface area contributed by atoms with Crippen LogP contribution in [0.25, 0.3) is 0 Å². The summed E-state index contributed by atoms with van der Waals surface area (Å²) in [6.07, 6.45) is 1.03. The summed E-state index contributed by atoms with van der Waals surface area (Å²) in [6, 6.07) is 5.94. The molecule has 2 N–H and O–H groups in total. The zero-order chi connectivity index (χ0) is 11.1. The summed E-state index contributed by atoms with van der Waals surface area (Å²) in [5.74, 6) is 2.57. The number of thioether (sulfide) groups is 1. The molecule has 1 aromatic carbocycles. The van der Waals surface area contributed by atoms with Crippen LogP contribution in [0.2, 0.25) is 0 Å². The highest BCUT2D eigenvalue weighted by atomic mass is 32.2. The standard InChI is InChI=1S/C11H17NO2S/c1-13-10-5-4-9(8-11(10)14-2)15-7-3-6-12/h4-5,8H,3,6-7,12H2,1-2H3. The summed E-state index contributed by atoms with van der Waals surface area (Å²) in [7, 11) is 3.28. The maximum Gasteiger partial charge on any atom is 0.161 e. The highest BCUT2D eigenvalue weighted by Crippen LogP contribution is 2.31. The minimum Gasteiger partial charge on any atom is -0.493 e. The van der Waals surface area contributed by atoms with Gasteiger partial charge in [-0.2, -0.15) is 0 Å². The predicted octanol–water partition coefficient (Wildman–Crippen LogP) is 2.14. The van der Waals surface area contributed by atoms with Gasteiger partial charge in [0.05, 0.1) is 14.2 Å². The quantitative estimate of drug-likeness (QED) is 0.597. The molecule has 0 atom stereocenters. The van der Waals surface area contributed by atoms with Crippen LogP contribution in [-0.4, -0.2) is 26.5 Å². The zero-order valence-electron chi connectivity index (χ0n) is 9.16. The second-order valence-corrected chi connectivity index (χ2v) is 4.18. The average molecular weight is 227 g/mol. The highest BCUT2D eigenvalue weighted by molar-refractivity contribution is 7.99. The molecule has 15 heavy (non-hydrogen) atoms. The molecular weight excluding hydrogens is 210 g/mol. The fourth-order valence-corrected chi connectivity index (χ4v) is 2.08. The van der Waals surface area contributed by atoms with Crippen LogP contribution >= 0.6 is 11.8 Å². The molecule has 1 aromatic rings. The molecule has 0 heterocycles. The van der Waals surface area contributed by atoms with Crippen LogP contribution in [0.15, 0.2) is 23.1 Å². The Labute approximate surface area is 94.9 Å². The van der Waals surface area contributed by atoms with E-state index in [1.807, 2.05) is 18.2 Å². The summed E-state index contributed by atoms with van der Waals surface area (Å²) >= 11 is 1.78. The Bertz CT molecular complexity index is 305. The van der Waals surface area contributed by atoms with Gasteiger partial charge in [-0.3, -0.25) is 0 Å². The number of hydrogen-bond donors (Lipinski definition) is 1. The van der Waals surface area contributed by atoms with Crippen molar-refractivity contribution >= 4 is 11.8 Å². The van der Waals surface area contributed by atoms with E-state index in [1.165, 1.54) is 4.90 Å². The molecule has 0 radical (unpaired) electrons. The van der Waals surface area contributed by atoms with Crippen LogP contribution < -0.4 is 15.2 Å². The zero-order valence-corrected chi connectivity index (χ0v) is 9.97. The molecule has 4 heteroatoms. The van der Waals surface area contributed by atoms with Gasteiger partial charge in [0.15, 0.2) is 11.5 Å². The average Bonchev–Trinajstić information content (AvgIpc) is 2.29. The van der Waals surface area contributed by atoms with E-state index in [0.29, 0.717) is 0 Å². The molecule has 0 fully saturated rings. The van der Waals surface area contributed by atoms with Gasteiger partial charge in [0.1, 0.15) is 0 Å². The van der Waals surface area contributed by atoms with E-state index >= 15 is 0 Å². The van der Waals surface area contributed by atoms with Crippen LogP contribution in [0.4, 0.5) is 0 Å². The number of rotatable bonds is 6. The lowest BCUT2D eigenvalue weighted by Gasteiger charge is -2.08. The van der Waals surface area contributed by atoms with E-state index in [-0.39, 0.29) is 0 Å². The van der Waals surface area contributed by atoms with Crippen molar-refractivity contribution in [3.05, 3.63) is 18.2 Å². The molecule has 0 amide bonds. The Hall–Kier alpha value is -0.870. The fourth-order valence-electron chi connectivity index (χ4n) is 1.18. The largest absolute Gasteiger partial charge is 0.493 e. The monoisotopic (exact) mass is 227 g/mol. The van der Waals surface area contributed by atoms with Crippen molar-refractivity contribution in [2.75, 3.05) is 26.5 Å². The second-order valence-electron chi connectivity index (χ2n) is 3.01. The van der Waals surface area contributed by atoms with Crippen molar-refractivity contribution in [3.8, 4) is 11.5 Å². The first-order valence-corrected chi connectivity index (χ1v) is 5.85. The molecule has 3 nitrogen and oxygen atoms in total. The van der Waals surface area contributed by atoms with Crippen molar-refractivity contribution < 1.29 is 9.47 Å². The first kappa shape index (κ1) is 12.2. The van der Waals surface area contributed by atoms with Crippen LogP contribution in [0.3, 0.4) is 0 Å². The molecule has 0 aliphatic carbocycles. The molecule has 0 saturated carbocycles. The van der Waals surface area contributed by atoms with Gasteiger partial charge in [-0.25, -0.2) is 0 Å². The maximum absolute atomic E-state index is 5.44. The molecule has 0 saturated heterocycles. The molecule has 1 rings (SSSR count). The maximum atomic E-state index is 5.44. The molecule has 0 bridgehead atoms. The first-order valence-electron chi connectivity index (χ1n) is 4.86. The minimum absolute atomic E-state index is 0.736. The Morgan fingerprint density at radius 3 is 2.53 bits per heavy atom. The first-order chi connectivity index (χ1) is 7.31. The van der Waals surface area contributed by atoms with Crippen molar-refractivity contribution in [1.29, 1.82) is 0 Å². The van der Waals surface area contributed by atoms with E-state index in [1.54, 1.807) is 26.0 Å². The van der Waals surface area contributed by atoms with Crippen molar-refractivity contribution in [1.82, 2.24) is 0 Å². The summed E-state index contributed by atoms with van der Waals surface area (Å²) in [4.78, 5) is 1.18. The van der Waals surface area contributed by atoms with Gasteiger partial charge >= 0.3 is 0 Å². The van der Waals surface area contributed by atoms with Crippen LogP contribution in [0.5, 0.6) is 11.5 Å². The van der Waals surface area contributed by atoms with Crippen molar-refractivity contribution in [2.45, 2.75) is 11.3 Å². The summed E-state index contributed by atoms with van der Waals surface area (Å²) in [5.41, 5.74) is 5.44. The number of benzene rings is 1. The smallest absolute Gasteiger partial charge is 0.161 e. The number of nitrogens with two attached hydrogens (primary N) is 1. The lowest BCUT2D eigenvalue weighted by atomic mass is 10.3. The van der Waals surface area contributed by atoms with Gasteiger partial charge in [0.25, 0.3) is 0 Å². The van der Waals surface area contributed by atoms with Crippen molar-refractivity contribution in [3.63, 3.8) is 0 Å². The van der Waals surface area contributed by atoms with Crippen LogP contribution in [0.1, 0.15) is 6.42 Å². The highest BCUT2D eigenvalue weighted by Gasteiger charge is 2.04. The lowest BCUT2D eigenvalue weighted by Crippen LogP contribution is -1.99. The number of methoxy groups -OCH3 is 2. The van der Waals surface area contributed by atoms with E-state index in [9.17, 15) is 0 Å². The van der Waals surface area contributed by atoms with E-state index in [0.717, 1.165) is 30.2 Å². The molecule has 0 aliphatic heterocycles. The topological polar surface area (TPSA) is 44.5 Å². The fraction of sp³-hybridized carbons (Fsp3) is 0.455. The van der Waals surface area contributed by atoms with Gasteiger partial charge < -0.3 is 15.2 Å². The van der Waals surface area contributed by atoms with E-state index in [2.05, 4.69) is 0 Å². The molecule has 0 aromatic heterocycles. The number of ether oxygens (including phenoxy) is 2. The van der Waals surface area contributed by atoms with Gasteiger partial charge in [0.2, 0.25) is 0 Å². The van der Waals surface area contributed by atoms with E-state index < -0.39 is 0 Å². The second kappa shape index (κ2) is 6.58. The molecule has 0 unspecified atom stereocenters. The lowest BCUT2D eigenvalue weighted by molar-refractivity contribution is 0.354. The van der Waals surface area contributed by atoms with Gasteiger partial charge in [-0.05, 0) is 36.9 Å². The summed E-state index contributed by atoms with van der Waals surface area (Å²) in [5, 5.41) is 0. The van der Waals surface area contributed by atoms with Crippen LogP contribution in [-0.2, 0) is 0 Å². The minimum atomic E-state index is 0.736. The van der Waals surface area contributed by atoms with E-state index in [4.69, 9.17) is 15.2 Å². The van der Waals surface area contributed by atoms with Gasteiger partial charge in [0, 0.05) is 4.90 Å². The molecule has 0 spiro atoms. The third kappa shape index (κ3) is 3.64. The molecule has 84 valence electrons. The number of hydrogen-bond acceptors (Lipinski definition) is 4. The molecule has 0 aliphatic rings. The third-order valence-electron chi connectivity index (χ3n) is 1.97. The SMILES string of the molecule is COc1ccc(SCCCN)cc1OC. The van der Waals surface area contributed by atoms with Gasteiger partial charge in [-0.15, -0.1) is 11.8 Å². The predicted molar refractivity (Wildman–Crippen MR) is 63.9 cm³/mol. The summed E-state index contributed by atoms with van der Waals surface area (Å²) < 4.78 is 10.4. The Morgan fingerprint density at radius 2 is 1.93 bits per heavy atom. The van der Waals surface area contributed by atoms with Crippen molar-refractivity contribution in [2.24, 2.45) is 5.73 Å². The third-order valence-corrected chi connectivity index (χ3v) is 3.05. The molecular formula is C11H17NO2S. The van der Waals surface area contributed by atoms with Gasteiger partial charge in [-0.1, -0.05) is 0 Å². The Balaban J connectivity index is 2.66. The van der Waals surface area contributed by atoms with Crippen LogP contribution in [0, 0.1) is 0 Å². The normalized spacial score (nSPS) is 10.1. The summed E-state index contributed by atoms with van der Waals surface area (Å²) in [6.45, 7) is 0.736. The Morgan fingerprint density at radius 1 is 1.20 bits per heavy atom. The Kier molecular flexibility index (Phi) is 5.36.